The van der Waals surface area contributed by atoms with Crippen molar-refractivity contribution in [2.75, 3.05) is 5.73 Å². The summed E-state index contributed by atoms with van der Waals surface area (Å²) in [6.45, 7) is 1.81. The lowest BCUT2D eigenvalue weighted by Gasteiger charge is -1.96. The van der Waals surface area contributed by atoms with E-state index in [-0.39, 0.29) is 5.95 Å². The molecule has 0 unspecified atom stereocenters. The molecule has 2 N–H and O–H groups in total. The number of nitrogens with two attached hydrogens (primary N) is 1. The summed E-state index contributed by atoms with van der Waals surface area (Å²) in [5, 5.41) is 7.92. The van der Waals surface area contributed by atoms with Gasteiger partial charge >= 0.3 is 0 Å². The van der Waals surface area contributed by atoms with Gasteiger partial charge in [0, 0.05) is 18.3 Å². The molecule has 3 aromatic rings. The van der Waals surface area contributed by atoms with Crippen LogP contribution in [0.4, 0.5) is 5.95 Å². The molecule has 3 rings (SSSR count). The SMILES string of the molecule is Cc1cc(-c2nccc3nc(N)nn23)no1. The predicted molar refractivity (Wildman–Crippen MR) is 55.4 cm³/mol. The van der Waals surface area contributed by atoms with Gasteiger partial charge in [0.25, 0.3) is 0 Å². The maximum absolute atomic E-state index is 5.53. The predicted octanol–water partition coefficient (Wildman–Crippen LogP) is 0.670. The molecular weight excluding hydrogens is 208 g/mol. The van der Waals surface area contributed by atoms with Gasteiger partial charge in [0.05, 0.1) is 0 Å². The quantitative estimate of drug-likeness (QED) is 0.642. The number of rotatable bonds is 1. The highest BCUT2D eigenvalue weighted by Crippen LogP contribution is 2.17. The zero-order chi connectivity index (χ0) is 11.1. The smallest absolute Gasteiger partial charge is 0.240 e. The zero-order valence-electron chi connectivity index (χ0n) is 8.45. The minimum absolute atomic E-state index is 0.203. The Morgan fingerprint density at radius 3 is 3.06 bits per heavy atom. The first-order chi connectivity index (χ1) is 7.74. The molecule has 0 saturated carbocycles. The third-order valence-electron chi connectivity index (χ3n) is 2.13. The summed E-state index contributed by atoms with van der Waals surface area (Å²) in [6.07, 6.45) is 1.63. The van der Waals surface area contributed by atoms with Gasteiger partial charge in [0.15, 0.2) is 17.2 Å². The lowest BCUT2D eigenvalue weighted by molar-refractivity contribution is 0.399. The van der Waals surface area contributed by atoms with Gasteiger partial charge in [-0.25, -0.2) is 4.98 Å². The molecule has 0 aromatic carbocycles. The standard InChI is InChI=1S/C9H8N6O/c1-5-4-6(14-16-5)8-11-3-2-7-12-9(10)13-15(7)8/h2-4H,1H3,(H2,10,13). The first kappa shape index (κ1) is 8.84. The second kappa shape index (κ2) is 3.02. The molecule has 0 bridgehead atoms. The Hall–Kier alpha value is -2.44. The molecule has 0 saturated heterocycles. The van der Waals surface area contributed by atoms with Crippen LogP contribution in [0.15, 0.2) is 22.9 Å². The Morgan fingerprint density at radius 1 is 1.44 bits per heavy atom. The first-order valence-corrected chi connectivity index (χ1v) is 4.65. The maximum Gasteiger partial charge on any atom is 0.240 e. The van der Waals surface area contributed by atoms with E-state index in [2.05, 4.69) is 20.2 Å². The molecular formula is C9H8N6O. The van der Waals surface area contributed by atoms with Crippen molar-refractivity contribution in [3.63, 3.8) is 0 Å². The van der Waals surface area contributed by atoms with Gasteiger partial charge in [0.2, 0.25) is 5.95 Å². The Balaban J connectivity index is 2.30. The van der Waals surface area contributed by atoms with Gasteiger partial charge < -0.3 is 10.3 Å². The van der Waals surface area contributed by atoms with Crippen LogP contribution in [0, 0.1) is 6.92 Å². The van der Waals surface area contributed by atoms with E-state index in [1.807, 2.05) is 6.92 Å². The molecule has 7 heteroatoms. The fourth-order valence-corrected chi connectivity index (χ4v) is 1.48. The summed E-state index contributed by atoms with van der Waals surface area (Å²) < 4.78 is 6.53. The number of hydrogen-bond donors (Lipinski definition) is 1. The van der Waals surface area contributed by atoms with Crippen molar-refractivity contribution in [2.45, 2.75) is 6.92 Å². The number of aromatic nitrogens is 5. The molecule has 80 valence electrons. The summed E-state index contributed by atoms with van der Waals surface area (Å²) in [4.78, 5) is 8.22. The molecule has 0 radical (unpaired) electrons. The summed E-state index contributed by atoms with van der Waals surface area (Å²) in [6, 6.07) is 3.50. The van der Waals surface area contributed by atoms with E-state index >= 15 is 0 Å². The van der Waals surface area contributed by atoms with E-state index in [9.17, 15) is 0 Å². The van der Waals surface area contributed by atoms with E-state index in [0.29, 0.717) is 22.9 Å². The topological polar surface area (TPSA) is 95.1 Å². The number of hydrogen-bond acceptors (Lipinski definition) is 6. The van der Waals surface area contributed by atoms with Crippen molar-refractivity contribution in [1.29, 1.82) is 0 Å². The molecule has 0 atom stereocenters. The molecule has 0 fully saturated rings. The largest absolute Gasteiger partial charge is 0.366 e. The third kappa shape index (κ3) is 1.22. The second-order valence-corrected chi connectivity index (χ2v) is 3.33. The normalized spacial score (nSPS) is 11.1. The zero-order valence-corrected chi connectivity index (χ0v) is 8.45. The molecule has 3 aromatic heterocycles. The minimum Gasteiger partial charge on any atom is -0.366 e. The average Bonchev–Trinajstić information content (AvgIpc) is 2.82. The lowest BCUT2D eigenvalue weighted by atomic mass is 10.3. The fraction of sp³-hybridized carbons (Fsp3) is 0.111. The van der Waals surface area contributed by atoms with Gasteiger partial charge in [-0.1, -0.05) is 5.16 Å². The van der Waals surface area contributed by atoms with Crippen LogP contribution in [0.25, 0.3) is 17.2 Å². The van der Waals surface area contributed by atoms with Gasteiger partial charge in [-0.15, -0.1) is 5.10 Å². The van der Waals surface area contributed by atoms with Crippen LogP contribution in [0.5, 0.6) is 0 Å². The van der Waals surface area contributed by atoms with Crippen molar-refractivity contribution < 1.29 is 4.52 Å². The molecule has 7 nitrogen and oxygen atoms in total. The van der Waals surface area contributed by atoms with Crippen molar-refractivity contribution in [2.24, 2.45) is 0 Å². The molecule has 0 aliphatic rings. The van der Waals surface area contributed by atoms with Crippen LogP contribution in [0.3, 0.4) is 0 Å². The van der Waals surface area contributed by atoms with E-state index in [1.54, 1.807) is 18.3 Å². The summed E-state index contributed by atoms with van der Waals surface area (Å²) >= 11 is 0. The highest BCUT2D eigenvalue weighted by molar-refractivity contribution is 5.55. The van der Waals surface area contributed by atoms with Crippen LogP contribution in [0.1, 0.15) is 5.76 Å². The number of nitrogen functional groups attached to an aromatic ring is 1. The average molecular weight is 216 g/mol. The van der Waals surface area contributed by atoms with Crippen LogP contribution >= 0.6 is 0 Å². The highest BCUT2D eigenvalue weighted by atomic mass is 16.5. The van der Waals surface area contributed by atoms with E-state index in [4.69, 9.17) is 10.3 Å². The summed E-state index contributed by atoms with van der Waals surface area (Å²) in [5.41, 5.74) is 6.76. The number of fused-ring (bicyclic) bond motifs is 1. The monoisotopic (exact) mass is 216 g/mol. The second-order valence-electron chi connectivity index (χ2n) is 3.33. The molecule has 0 aliphatic carbocycles. The van der Waals surface area contributed by atoms with Crippen LogP contribution in [-0.2, 0) is 0 Å². The number of aryl methyl sites for hydroxylation is 1. The lowest BCUT2D eigenvalue weighted by Crippen LogP contribution is -1.97. The first-order valence-electron chi connectivity index (χ1n) is 4.65. The molecule has 16 heavy (non-hydrogen) atoms. The molecule has 0 amide bonds. The highest BCUT2D eigenvalue weighted by Gasteiger charge is 2.11. The summed E-state index contributed by atoms with van der Waals surface area (Å²) in [7, 11) is 0. The van der Waals surface area contributed by atoms with Crippen molar-refractivity contribution in [3.05, 3.63) is 24.1 Å². The minimum atomic E-state index is 0.203. The van der Waals surface area contributed by atoms with Gasteiger partial charge in [-0.2, -0.15) is 9.50 Å². The van der Waals surface area contributed by atoms with E-state index < -0.39 is 0 Å². The molecule has 3 heterocycles. The van der Waals surface area contributed by atoms with Gasteiger partial charge in [-0.05, 0) is 6.92 Å². The van der Waals surface area contributed by atoms with Crippen LogP contribution < -0.4 is 5.73 Å². The Kier molecular flexibility index (Phi) is 1.67. The van der Waals surface area contributed by atoms with Gasteiger partial charge in [0.1, 0.15) is 5.76 Å². The van der Waals surface area contributed by atoms with Crippen LogP contribution in [0.2, 0.25) is 0 Å². The van der Waals surface area contributed by atoms with Crippen molar-refractivity contribution in [3.8, 4) is 11.5 Å². The van der Waals surface area contributed by atoms with Crippen molar-refractivity contribution in [1.82, 2.24) is 24.7 Å². The van der Waals surface area contributed by atoms with E-state index in [0.717, 1.165) is 0 Å². The summed E-state index contributed by atoms with van der Waals surface area (Å²) in [5.74, 6) is 1.47. The molecule has 0 spiro atoms. The van der Waals surface area contributed by atoms with Gasteiger partial charge in [-0.3, -0.25) is 0 Å². The van der Waals surface area contributed by atoms with Crippen molar-refractivity contribution >= 4 is 11.6 Å². The molecule has 0 aliphatic heterocycles. The van der Waals surface area contributed by atoms with Crippen LogP contribution in [-0.4, -0.2) is 24.7 Å². The number of anilines is 1. The third-order valence-corrected chi connectivity index (χ3v) is 2.13. The van der Waals surface area contributed by atoms with E-state index in [1.165, 1.54) is 4.52 Å². The maximum atomic E-state index is 5.53. The number of nitrogens with zero attached hydrogens (tertiary/aromatic N) is 5. The Morgan fingerprint density at radius 2 is 2.31 bits per heavy atom. The Bertz CT molecular complexity index is 655. The fourth-order valence-electron chi connectivity index (χ4n) is 1.48. The Labute approximate surface area is 89.9 Å².